The van der Waals surface area contributed by atoms with Crippen molar-refractivity contribution in [1.29, 1.82) is 0 Å². The van der Waals surface area contributed by atoms with Crippen molar-refractivity contribution in [2.24, 2.45) is 0 Å². The molecule has 98 valence electrons. The Balaban J connectivity index is 2.31. The standard InChI is InChI=1S/C12H9BrFN3O2/c1-19-12(18)9-5-15-6-10(16-9)17-11-7(13)3-2-4-8(11)14/h2-6H,1H3,(H,16,17). The monoisotopic (exact) mass is 325 g/mol. The molecule has 0 aliphatic carbocycles. The smallest absolute Gasteiger partial charge is 0.358 e. The molecular formula is C12H9BrFN3O2. The summed E-state index contributed by atoms with van der Waals surface area (Å²) in [4.78, 5) is 19.1. The van der Waals surface area contributed by atoms with Gasteiger partial charge in [-0.25, -0.2) is 14.2 Å². The van der Waals surface area contributed by atoms with E-state index in [1.807, 2.05) is 0 Å². The third kappa shape index (κ3) is 3.05. The molecule has 0 saturated heterocycles. The van der Waals surface area contributed by atoms with E-state index in [4.69, 9.17) is 0 Å². The average molecular weight is 326 g/mol. The fraction of sp³-hybridized carbons (Fsp3) is 0.0833. The third-order valence-electron chi connectivity index (χ3n) is 2.24. The van der Waals surface area contributed by atoms with Gasteiger partial charge in [0.2, 0.25) is 0 Å². The quantitative estimate of drug-likeness (QED) is 0.879. The molecule has 0 spiro atoms. The lowest BCUT2D eigenvalue weighted by atomic mass is 10.3. The van der Waals surface area contributed by atoms with Crippen LogP contribution in [0.5, 0.6) is 0 Å². The highest BCUT2D eigenvalue weighted by atomic mass is 79.9. The Labute approximate surface area is 117 Å². The van der Waals surface area contributed by atoms with Crippen LogP contribution in [-0.4, -0.2) is 23.0 Å². The van der Waals surface area contributed by atoms with Gasteiger partial charge in [0.25, 0.3) is 0 Å². The number of methoxy groups -OCH3 is 1. The van der Waals surface area contributed by atoms with Gasteiger partial charge in [-0.1, -0.05) is 6.07 Å². The van der Waals surface area contributed by atoms with Crippen LogP contribution in [0, 0.1) is 5.82 Å². The molecule has 1 aromatic heterocycles. The van der Waals surface area contributed by atoms with Crippen molar-refractivity contribution in [3.63, 3.8) is 0 Å². The van der Waals surface area contributed by atoms with Gasteiger partial charge in [0.1, 0.15) is 11.6 Å². The molecule has 0 amide bonds. The molecule has 0 unspecified atom stereocenters. The molecule has 1 N–H and O–H groups in total. The molecule has 0 saturated carbocycles. The summed E-state index contributed by atoms with van der Waals surface area (Å²) in [5.41, 5.74) is 0.263. The van der Waals surface area contributed by atoms with Crippen LogP contribution >= 0.6 is 15.9 Å². The number of esters is 1. The number of ether oxygens (including phenoxy) is 1. The van der Waals surface area contributed by atoms with E-state index >= 15 is 0 Å². The molecule has 0 aliphatic heterocycles. The molecule has 0 radical (unpaired) electrons. The van der Waals surface area contributed by atoms with Crippen LogP contribution in [0.2, 0.25) is 0 Å². The summed E-state index contributed by atoms with van der Waals surface area (Å²) in [7, 11) is 1.25. The maximum atomic E-state index is 13.6. The lowest BCUT2D eigenvalue weighted by Gasteiger charge is -2.09. The zero-order valence-corrected chi connectivity index (χ0v) is 11.4. The summed E-state index contributed by atoms with van der Waals surface area (Å²) in [6.07, 6.45) is 2.65. The highest BCUT2D eigenvalue weighted by Crippen LogP contribution is 2.27. The molecule has 7 heteroatoms. The van der Waals surface area contributed by atoms with Gasteiger partial charge in [-0.3, -0.25) is 4.98 Å². The Hall–Kier alpha value is -2.02. The molecule has 0 bridgehead atoms. The van der Waals surface area contributed by atoms with Crippen LogP contribution in [-0.2, 0) is 4.74 Å². The first kappa shape index (κ1) is 13.4. The van der Waals surface area contributed by atoms with Crippen LogP contribution in [0.3, 0.4) is 0 Å². The molecule has 0 fully saturated rings. The van der Waals surface area contributed by atoms with Crippen LogP contribution < -0.4 is 5.32 Å². The topological polar surface area (TPSA) is 64.1 Å². The number of para-hydroxylation sites is 1. The summed E-state index contributed by atoms with van der Waals surface area (Å²) in [6.45, 7) is 0. The first-order valence-corrected chi connectivity index (χ1v) is 6.02. The summed E-state index contributed by atoms with van der Waals surface area (Å²) in [5.74, 6) is -0.808. The van der Waals surface area contributed by atoms with Crippen molar-refractivity contribution in [3.8, 4) is 0 Å². The maximum absolute atomic E-state index is 13.6. The zero-order valence-electron chi connectivity index (χ0n) is 9.85. The maximum Gasteiger partial charge on any atom is 0.358 e. The largest absolute Gasteiger partial charge is 0.464 e. The molecule has 19 heavy (non-hydrogen) atoms. The van der Waals surface area contributed by atoms with Crippen molar-refractivity contribution >= 4 is 33.4 Å². The van der Waals surface area contributed by atoms with Gasteiger partial charge in [0, 0.05) is 4.47 Å². The minimum atomic E-state index is -0.608. The van der Waals surface area contributed by atoms with Crippen LogP contribution in [0.15, 0.2) is 35.1 Å². The van der Waals surface area contributed by atoms with Gasteiger partial charge < -0.3 is 10.1 Å². The van der Waals surface area contributed by atoms with E-state index < -0.39 is 11.8 Å². The van der Waals surface area contributed by atoms with Crippen LogP contribution in [0.25, 0.3) is 0 Å². The number of carbonyl (C=O) groups excluding carboxylic acids is 1. The number of carbonyl (C=O) groups is 1. The Kier molecular flexibility index (Phi) is 4.06. The second-order valence-corrected chi connectivity index (χ2v) is 4.36. The van der Waals surface area contributed by atoms with E-state index in [-0.39, 0.29) is 17.2 Å². The van der Waals surface area contributed by atoms with Gasteiger partial charge in [0.05, 0.1) is 25.2 Å². The SMILES string of the molecule is COC(=O)c1cncc(Nc2c(F)cccc2Br)n1. The van der Waals surface area contributed by atoms with E-state index in [2.05, 4.69) is 36.0 Å². The summed E-state index contributed by atoms with van der Waals surface area (Å²) in [5, 5.41) is 2.76. The highest BCUT2D eigenvalue weighted by molar-refractivity contribution is 9.10. The van der Waals surface area contributed by atoms with E-state index in [9.17, 15) is 9.18 Å². The molecule has 2 rings (SSSR count). The zero-order chi connectivity index (χ0) is 13.8. The molecular weight excluding hydrogens is 317 g/mol. The van der Waals surface area contributed by atoms with Crippen molar-refractivity contribution in [1.82, 2.24) is 9.97 Å². The fourth-order valence-electron chi connectivity index (χ4n) is 1.37. The van der Waals surface area contributed by atoms with E-state index in [0.717, 1.165) is 0 Å². The van der Waals surface area contributed by atoms with E-state index in [1.165, 1.54) is 25.6 Å². The number of anilines is 2. The Morgan fingerprint density at radius 2 is 2.21 bits per heavy atom. The molecule has 5 nitrogen and oxygen atoms in total. The second-order valence-electron chi connectivity index (χ2n) is 3.50. The first-order valence-electron chi connectivity index (χ1n) is 5.23. The number of nitrogens with one attached hydrogen (secondary N) is 1. The van der Waals surface area contributed by atoms with Gasteiger partial charge in [0.15, 0.2) is 5.69 Å². The Morgan fingerprint density at radius 3 is 2.89 bits per heavy atom. The lowest BCUT2D eigenvalue weighted by molar-refractivity contribution is 0.0593. The second kappa shape index (κ2) is 5.75. The molecule has 0 atom stereocenters. The number of hydrogen-bond acceptors (Lipinski definition) is 5. The lowest BCUT2D eigenvalue weighted by Crippen LogP contribution is -2.07. The van der Waals surface area contributed by atoms with Crippen molar-refractivity contribution in [3.05, 3.63) is 46.6 Å². The van der Waals surface area contributed by atoms with Gasteiger partial charge in [-0.2, -0.15) is 0 Å². The first-order chi connectivity index (χ1) is 9.11. The minimum absolute atomic E-state index is 0.0416. The highest BCUT2D eigenvalue weighted by Gasteiger charge is 2.11. The summed E-state index contributed by atoms with van der Waals surface area (Å²) >= 11 is 3.22. The van der Waals surface area contributed by atoms with Crippen LogP contribution in [0.1, 0.15) is 10.5 Å². The number of nitrogens with zero attached hydrogens (tertiary/aromatic N) is 2. The number of benzene rings is 1. The Morgan fingerprint density at radius 1 is 1.42 bits per heavy atom. The molecule has 0 aliphatic rings. The van der Waals surface area contributed by atoms with Gasteiger partial charge in [-0.15, -0.1) is 0 Å². The third-order valence-corrected chi connectivity index (χ3v) is 2.91. The van der Waals surface area contributed by atoms with Gasteiger partial charge in [-0.05, 0) is 28.1 Å². The van der Waals surface area contributed by atoms with Crippen molar-refractivity contribution in [2.45, 2.75) is 0 Å². The fourth-order valence-corrected chi connectivity index (χ4v) is 1.82. The van der Waals surface area contributed by atoms with E-state index in [0.29, 0.717) is 4.47 Å². The summed E-state index contributed by atoms with van der Waals surface area (Å²) < 4.78 is 18.7. The number of rotatable bonds is 3. The molecule has 1 heterocycles. The minimum Gasteiger partial charge on any atom is -0.464 e. The summed E-state index contributed by atoms with van der Waals surface area (Å²) in [6, 6.07) is 4.56. The van der Waals surface area contributed by atoms with Crippen LogP contribution in [0.4, 0.5) is 15.9 Å². The predicted octanol–water partition coefficient (Wildman–Crippen LogP) is 2.91. The predicted molar refractivity (Wildman–Crippen MR) is 70.8 cm³/mol. The number of hydrogen-bond donors (Lipinski definition) is 1. The average Bonchev–Trinajstić information content (AvgIpc) is 2.42. The molecule has 2 aromatic rings. The molecule has 1 aromatic carbocycles. The van der Waals surface area contributed by atoms with E-state index in [1.54, 1.807) is 12.1 Å². The number of halogens is 2. The van der Waals surface area contributed by atoms with Crippen molar-refractivity contribution in [2.75, 3.05) is 12.4 Å². The Bertz CT molecular complexity index is 601. The van der Waals surface area contributed by atoms with Gasteiger partial charge >= 0.3 is 5.97 Å². The number of aromatic nitrogens is 2. The normalized spacial score (nSPS) is 10.1. The van der Waals surface area contributed by atoms with Crippen molar-refractivity contribution < 1.29 is 13.9 Å².